The molecule has 4 heterocycles. The van der Waals surface area contributed by atoms with Gasteiger partial charge in [0.05, 0.1) is 11.3 Å². The van der Waals surface area contributed by atoms with E-state index in [1.807, 2.05) is 0 Å². The van der Waals surface area contributed by atoms with E-state index >= 15 is 0 Å². The molecule has 1 N–H and O–H groups in total. The Kier molecular flexibility index (Phi) is 8.02. The van der Waals surface area contributed by atoms with Gasteiger partial charge in [0.25, 0.3) is 17.8 Å². The lowest BCUT2D eigenvalue weighted by atomic mass is 9.98. The smallest absolute Gasteiger partial charge is 0.355 e. The summed E-state index contributed by atoms with van der Waals surface area (Å²) in [5, 5.41) is 12.5. The highest BCUT2D eigenvalue weighted by atomic mass is 19.4. The summed E-state index contributed by atoms with van der Waals surface area (Å²) in [5.41, 5.74) is -5.07. The highest BCUT2D eigenvalue weighted by Gasteiger charge is 2.46. The summed E-state index contributed by atoms with van der Waals surface area (Å²) in [6, 6.07) is 2.72. The van der Waals surface area contributed by atoms with E-state index in [0.717, 1.165) is 15.9 Å². The maximum atomic E-state index is 14.5. The van der Waals surface area contributed by atoms with E-state index in [0.29, 0.717) is 12.8 Å². The van der Waals surface area contributed by atoms with Gasteiger partial charge in [-0.15, -0.1) is 0 Å². The molecule has 0 aromatic carbocycles. The van der Waals surface area contributed by atoms with Crippen LogP contribution in [-0.2, 0) is 12.4 Å². The molecule has 1 amide bonds. The van der Waals surface area contributed by atoms with Crippen molar-refractivity contribution in [1.29, 1.82) is 5.26 Å². The summed E-state index contributed by atoms with van der Waals surface area (Å²) in [6.45, 7) is -1.76. The molecule has 0 atom stereocenters. The Labute approximate surface area is 261 Å². The van der Waals surface area contributed by atoms with Crippen molar-refractivity contribution >= 4 is 23.2 Å². The summed E-state index contributed by atoms with van der Waals surface area (Å²) in [6.07, 6.45) is -11.7. The zero-order valence-electron chi connectivity index (χ0n) is 24.6. The number of nitrogens with zero attached hydrogens (tertiary/aromatic N) is 5. The molecule has 2 saturated heterocycles. The predicted octanol–water partition coefficient (Wildman–Crippen LogP) is 7.86. The van der Waals surface area contributed by atoms with Gasteiger partial charge < -0.3 is 15.1 Å². The van der Waals surface area contributed by atoms with Gasteiger partial charge in [-0.25, -0.2) is 27.5 Å². The van der Waals surface area contributed by atoms with E-state index in [1.54, 1.807) is 6.07 Å². The number of hydrogen-bond donors (Lipinski definition) is 1. The molecule has 0 bridgehead atoms. The van der Waals surface area contributed by atoms with Gasteiger partial charge in [-0.1, -0.05) is 0 Å². The summed E-state index contributed by atoms with van der Waals surface area (Å²) >= 11 is 0. The number of anilines is 3. The largest absolute Gasteiger partial charge is 0.433 e. The number of piperidine rings is 2. The van der Waals surface area contributed by atoms with Crippen LogP contribution in [0.25, 0.3) is 0 Å². The molecule has 47 heavy (non-hydrogen) atoms. The molecular formula is C30H28F10N6O. The molecule has 2 aliphatic heterocycles. The number of aromatic nitrogens is 2. The van der Waals surface area contributed by atoms with Crippen molar-refractivity contribution in [1.82, 2.24) is 9.97 Å². The average Bonchev–Trinajstić information content (AvgIpc) is 3.89. The first-order valence-corrected chi connectivity index (χ1v) is 15.1. The molecule has 7 nitrogen and oxygen atoms in total. The van der Waals surface area contributed by atoms with Crippen molar-refractivity contribution in [2.75, 3.05) is 41.3 Å². The van der Waals surface area contributed by atoms with Crippen LogP contribution in [0.4, 0.5) is 61.2 Å². The van der Waals surface area contributed by atoms with Gasteiger partial charge in [-0.2, -0.15) is 31.6 Å². The van der Waals surface area contributed by atoms with Gasteiger partial charge in [-0.05, 0) is 49.1 Å². The fraction of sp³-hybridized carbons (Fsp3) is 0.600. The van der Waals surface area contributed by atoms with E-state index in [4.69, 9.17) is 0 Å². The van der Waals surface area contributed by atoms with Crippen LogP contribution < -0.4 is 15.1 Å². The van der Waals surface area contributed by atoms with Crippen LogP contribution in [0.15, 0.2) is 6.07 Å². The monoisotopic (exact) mass is 678 g/mol. The minimum atomic E-state index is -5.08. The number of rotatable bonds is 6. The van der Waals surface area contributed by atoms with Crippen LogP contribution in [0.5, 0.6) is 0 Å². The molecule has 2 aromatic heterocycles. The molecule has 0 unspecified atom stereocenters. The van der Waals surface area contributed by atoms with Crippen LogP contribution in [0, 0.1) is 11.3 Å². The number of amides is 1. The second-order valence-corrected chi connectivity index (χ2v) is 12.5. The Bertz CT molecular complexity index is 1600. The number of nitrogens with one attached hydrogen (secondary N) is 1. The second kappa shape index (κ2) is 11.4. The highest BCUT2D eigenvalue weighted by molar-refractivity contribution is 6.09. The van der Waals surface area contributed by atoms with E-state index in [9.17, 15) is 54.0 Å². The lowest BCUT2D eigenvalue weighted by molar-refractivity contribution is -0.142. The predicted molar refractivity (Wildman–Crippen MR) is 148 cm³/mol. The van der Waals surface area contributed by atoms with Gasteiger partial charge in [0, 0.05) is 57.4 Å². The molecule has 2 saturated carbocycles. The van der Waals surface area contributed by atoms with Gasteiger partial charge in [0.15, 0.2) is 5.69 Å². The summed E-state index contributed by atoms with van der Waals surface area (Å²) in [4.78, 5) is 23.8. The van der Waals surface area contributed by atoms with Gasteiger partial charge in [0.1, 0.15) is 29.0 Å². The van der Waals surface area contributed by atoms with Gasteiger partial charge in [-0.3, -0.25) is 4.79 Å². The normalized spacial score (nSPS) is 21.4. The number of carbonyl (C=O) groups is 1. The first kappa shape index (κ1) is 33.1. The lowest BCUT2D eigenvalue weighted by Gasteiger charge is -2.34. The fourth-order valence-electron chi connectivity index (χ4n) is 6.17. The zero-order chi connectivity index (χ0) is 34.1. The van der Waals surface area contributed by atoms with Crippen molar-refractivity contribution < 1.29 is 48.7 Å². The standard InChI is InChI=1S/C30H28F10N6O/c31-27(32)5-9-45(10-6-27)24-18(13-17(15-1-2-15)22(43-24)29(35,36)37)26(47)42-21-19(14-41)25(46-11-7-28(33,34)8-12-46)44-23(30(38,39)40)20(21)16-3-4-16/h13,15-16H,1-12H2,(H,42,44,47). The van der Waals surface area contributed by atoms with Crippen LogP contribution in [-0.4, -0.2) is 53.9 Å². The van der Waals surface area contributed by atoms with E-state index < -0.39 is 139 Å². The third-order valence-electron chi connectivity index (χ3n) is 8.97. The van der Waals surface area contributed by atoms with E-state index in [2.05, 4.69) is 15.3 Å². The van der Waals surface area contributed by atoms with Crippen molar-refractivity contribution in [2.45, 2.75) is 87.4 Å². The number of pyridine rings is 2. The second-order valence-electron chi connectivity index (χ2n) is 12.5. The molecule has 17 heteroatoms. The number of carbonyl (C=O) groups excluding carboxylic acids is 1. The molecule has 2 aliphatic carbocycles. The zero-order valence-corrected chi connectivity index (χ0v) is 24.6. The number of alkyl halides is 10. The Hall–Kier alpha value is -3.84. The maximum Gasteiger partial charge on any atom is 0.433 e. The molecule has 2 aromatic rings. The average molecular weight is 679 g/mol. The Morgan fingerprint density at radius 1 is 0.787 bits per heavy atom. The van der Waals surface area contributed by atoms with Crippen molar-refractivity contribution in [3.8, 4) is 6.07 Å². The maximum absolute atomic E-state index is 14.5. The van der Waals surface area contributed by atoms with Crippen molar-refractivity contribution in [3.63, 3.8) is 0 Å². The van der Waals surface area contributed by atoms with Crippen LogP contribution in [0.2, 0.25) is 0 Å². The third-order valence-corrected chi connectivity index (χ3v) is 8.97. The SMILES string of the molecule is N#Cc1c(N2CCC(F)(F)CC2)nc(C(F)(F)F)c(C2CC2)c1NC(=O)c1cc(C2CC2)c(C(F)(F)F)nc1N1CCC(F)(F)CC1. The molecule has 4 fully saturated rings. The van der Waals surface area contributed by atoms with Crippen LogP contribution in [0.1, 0.15) is 102 Å². The van der Waals surface area contributed by atoms with E-state index in [-0.39, 0.29) is 18.4 Å². The summed E-state index contributed by atoms with van der Waals surface area (Å²) in [5.74, 6) is -9.86. The minimum absolute atomic E-state index is 0.259. The first-order chi connectivity index (χ1) is 21.9. The van der Waals surface area contributed by atoms with Gasteiger partial charge in [0.2, 0.25) is 0 Å². The van der Waals surface area contributed by atoms with Crippen LogP contribution >= 0.6 is 0 Å². The third kappa shape index (κ3) is 6.78. The lowest BCUT2D eigenvalue weighted by Crippen LogP contribution is -2.41. The molecule has 4 aliphatic rings. The van der Waals surface area contributed by atoms with Crippen molar-refractivity contribution in [3.05, 3.63) is 39.7 Å². The van der Waals surface area contributed by atoms with E-state index in [1.165, 1.54) is 0 Å². The number of halogens is 10. The van der Waals surface area contributed by atoms with Gasteiger partial charge >= 0.3 is 12.4 Å². The highest BCUT2D eigenvalue weighted by Crippen LogP contribution is 2.52. The molecule has 6 rings (SSSR count). The quantitative estimate of drug-likeness (QED) is 0.313. The van der Waals surface area contributed by atoms with Crippen LogP contribution in [0.3, 0.4) is 0 Å². The minimum Gasteiger partial charge on any atom is -0.355 e. The number of hydrogen-bond acceptors (Lipinski definition) is 6. The molecular weight excluding hydrogens is 650 g/mol. The molecule has 0 radical (unpaired) electrons. The number of nitriles is 1. The molecule has 0 spiro atoms. The summed E-state index contributed by atoms with van der Waals surface area (Å²) in [7, 11) is 0. The molecule has 254 valence electrons. The Morgan fingerprint density at radius 3 is 1.70 bits per heavy atom. The Balaban J connectivity index is 1.49. The summed E-state index contributed by atoms with van der Waals surface area (Å²) < 4.78 is 142. The fourth-order valence-corrected chi connectivity index (χ4v) is 6.17. The topological polar surface area (TPSA) is 85.2 Å². The first-order valence-electron chi connectivity index (χ1n) is 15.1. The van der Waals surface area contributed by atoms with Crippen molar-refractivity contribution in [2.24, 2.45) is 0 Å². The Morgan fingerprint density at radius 2 is 1.26 bits per heavy atom.